The van der Waals surface area contributed by atoms with Gasteiger partial charge in [0.2, 0.25) is 15.9 Å². The molecule has 1 N–H and O–H groups in total. The standard InChI is InChI=1S/C20H31N3O4S/c1-4-5-14-28(26,27)23-12-10-18(11-13-23)20(25)22(3)15-16-6-8-17(9-7-16)19(24)21-2/h6-9,18H,4-5,10-15H2,1-3H3,(H,21,24). The van der Waals surface area contributed by atoms with Crippen LogP contribution in [0.5, 0.6) is 0 Å². The zero-order valence-corrected chi connectivity index (χ0v) is 17.8. The predicted octanol–water partition coefficient (Wildman–Crippen LogP) is 1.85. The van der Waals surface area contributed by atoms with Gasteiger partial charge in [0.25, 0.3) is 5.91 Å². The van der Waals surface area contributed by atoms with Gasteiger partial charge in [-0.3, -0.25) is 9.59 Å². The maximum Gasteiger partial charge on any atom is 0.251 e. The zero-order valence-electron chi connectivity index (χ0n) is 17.0. The number of nitrogens with one attached hydrogen (secondary N) is 1. The molecule has 0 radical (unpaired) electrons. The van der Waals surface area contributed by atoms with Gasteiger partial charge in [0.1, 0.15) is 0 Å². The van der Waals surface area contributed by atoms with Gasteiger partial charge in [0, 0.05) is 45.2 Å². The minimum Gasteiger partial charge on any atom is -0.355 e. The Morgan fingerprint density at radius 3 is 2.32 bits per heavy atom. The Balaban J connectivity index is 1.88. The molecule has 1 saturated heterocycles. The normalized spacial score (nSPS) is 16.0. The topological polar surface area (TPSA) is 86.8 Å². The molecule has 8 heteroatoms. The fourth-order valence-electron chi connectivity index (χ4n) is 3.41. The van der Waals surface area contributed by atoms with E-state index in [-0.39, 0.29) is 23.5 Å². The highest BCUT2D eigenvalue weighted by atomic mass is 32.2. The van der Waals surface area contributed by atoms with Gasteiger partial charge in [-0.1, -0.05) is 25.5 Å². The van der Waals surface area contributed by atoms with Crippen LogP contribution in [0.3, 0.4) is 0 Å². The number of unbranched alkanes of at least 4 members (excludes halogenated alkanes) is 1. The number of hydrogen-bond acceptors (Lipinski definition) is 4. The number of rotatable bonds is 8. The van der Waals surface area contributed by atoms with Crippen LogP contribution in [0.4, 0.5) is 0 Å². The van der Waals surface area contributed by atoms with Crippen molar-refractivity contribution in [3.05, 3.63) is 35.4 Å². The maximum atomic E-state index is 12.7. The van der Waals surface area contributed by atoms with Crippen molar-refractivity contribution in [2.45, 2.75) is 39.2 Å². The van der Waals surface area contributed by atoms with Crippen molar-refractivity contribution in [1.29, 1.82) is 0 Å². The summed E-state index contributed by atoms with van der Waals surface area (Å²) in [6.45, 7) is 3.26. The number of carbonyl (C=O) groups is 2. The average Bonchev–Trinajstić information content (AvgIpc) is 2.71. The van der Waals surface area contributed by atoms with Crippen LogP contribution in [0.1, 0.15) is 48.5 Å². The molecule has 0 aromatic heterocycles. The lowest BCUT2D eigenvalue weighted by molar-refractivity contribution is -0.135. The zero-order chi connectivity index (χ0) is 20.7. The second-order valence-corrected chi connectivity index (χ2v) is 9.40. The van der Waals surface area contributed by atoms with Crippen molar-refractivity contribution in [3.8, 4) is 0 Å². The van der Waals surface area contributed by atoms with Crippen molar-refractivity contribution in [2.75, 3.05) is 32.9 Å². The summed E-state index contributed by atoms with van der Waals surface area (Å²) in [6.07, 6.45) is 2.64. The Kier molecular flexibility index (Phi) is 8.00. The predicted molar refractivity (Wildman–Crippen MR) is 109 cm³/mol. The molecule has 0 saturated carbocycles. The third-order valence-corrected chi connectivity index (χ3v) is 7.15. The van der Waals surface area contributed by atoms with Crippen LogP contribution < -0.4 is 5.32 Å². The van der Waals surface area contributed by atoms with Crippen molar-refractivity contribution in [1.82, 2.24) is 14.5 Å². The largest absolute Gasteiger partial charge is 0.355 e. The lowest BCUT2D eigenvalue weighted by Crippen LogP contribution is -2.44. The van der Waals surface area contributed by atoms with Crippen LogP contribution in [0.2, 0.25) is 0 Å². The Morgan fingerprint density at radius 1 is 1.18 bits per heavy atom. The Labute approximate surface area is 168 Å². The molecular formula is C20H31N3O4S. The number of carbonyl (C=O) groups excluding carboxylic acids is 2. The summed E-state index contributed by atoms with van der Waals surface area (Å²) in [5, 5.41) is 2.58. The molecule has 1 aliphatic rings. The van der Waals surface area contributed by atoms with Crippen LogP contribution in [-0.4, -0.2) is 62.4 Å². The van der Waals surface area contributed by atoms with Gasteiger partial charge in [-0.05, 0) is 37.0 Å². The quantitative estimate of drug-likeness (QED) is 0.710. The number of amides is 2. The molecule has 1 aromatic rings. The third kappa shape index (κ3) is 5.78. The molecule has 0 bridgehead atoms. The highest BCUT2D eigenvalue weighted by Gasteiger charge is 2.31. The van der Waals surface area contributed by atoms with E-state index in [1.54, 1.807) is 31.1 Å². The van der Waals surface area contributed by atoms with E-state index in [0.29, 0.717) is 44.5 Å². The number of sulfonamides is 1. The van der Waals surface area contributed by atoms with Gasteiger partial charge in [-0.25, -0.2) is 12.7 Å². The molecule has 1 heterocycles. The lowest BCUT2D eigenvalue weighted by Gasteiger charge is -2.32. The minimum absolute atomic E-state index is 0.0426. The van der Waals surface area contributed by atoms with Crippen molar-refractivity contribution in [2.24, 2.45) is 5.92 Å². The number of piperidine rings is 1. The van der Waals surface area contributed by atoms with E-state index < -0.39 is 10.0 Å². The van der Waals surface area contributed by atoms with Crippen molar-refractivity contribution >= 4 is 21.8 Å². The van der Waals surface area contributed by atoms with E-state index >= 15 is 0 Å². The van der Waals surface area contributed by atoms with E-state index in [1.807, 2.05) is 19.1 Å². The first-order valence-electron chi connectivity index (χ1n) is 9.82. The van der Waals surface area contributed by atoms with Gasteiger partial charge in [0.05, 0.1) is 5.75 Å². The molecular weight excluding hydrogens is 378 g/mol. The fourth-order valence-corrected chi connectivity index (χ4v) is 5.08. The fraction of sp³-hybridized carbons (Fsp3) is 0.600. The molecule has 0 spiro atoms. The van der Waals surface area contributed by atoms with Crippen LogP contribution in [-0.2, 0) is 21.4 Å². The van der Waals surface area contributed by atoms with Crippen LogP contribution >= 0.6 is 0 Å². The van der Waals surface area contributed by atoms with E-state index in [2.05, 4.69) is 5.32 Å². The van der Waals surface area contributed by atoms with Gasteiger partial charge >= 0.3 is 0 Å². The van der Waals surface area contributed by atoms with E-state index in [4.69, 9.17) is 0 Å². The molecule has 156 valence electrons. The monoisotopic (exact) mass is 409 g/mol. The summed E-state index contributed by atoms with van der Waals surface area (Å²) in [5.41, 5.74) is 1.53. The van der Waals surface area contributed by atoms with Crippen LogP contribution in [0.15, 0.2) is 24.3 Å². The average molecular weight is 410 g/mol. The summed E-state index contributed by atoms with van der Waals surface area (Å²) < 4.78 is 26.1. The maximum absolute atomic E-state index is 12.7. The van der Waals surface area contributed by atoms with Gasteiger partial charge in [-0.15, -0.1) is 0 Å². The first-order valence-corrected chi connectivity index (χ1v) is 11.4. The number of hydrogen-bond donors (Lipinski definition) is 1. The molecule has 0 unspecified atom stereocenters. The summed E-state index contributed by atoms with van der Waals surface area (Å²) in [5.74, 6) is -0.0565. The Hall–Kier alpha value is -1.93. The van der Waals surface area contributed by atoms with Crippen LogP contribution in [0, 0.1) is 5.92 Å². The highest BCUT2D eigenvalue weighted by Crippen LogP contribution is 2.22. The first-order chi connectivity index (χ1) is 13.3. The molecule has 1 fully saturated rings. The lowest BCUT2D eigenvalue weighted by atomic mass is 9.96. The SMILES string of the molecule is CCCCS(=O)(=O)N1CCC(C(=O)N(C)Cc2ccc(C(=O)NC)cc2)CC1. The molecule has 1 aromatic carbocycles. The number of benzene rings is 1. The van der Waals surface area contributed by atoms with Gasteiger partial charge < -0.3 is 10.2 Å². The highest BCUT2D eigenvalue weighted by molar-refractivity contribution is 7.89. The number of nitrogens with zero attached hydrogens (tertiary/aromatic N) is 2. The molecule has 2 rings (SSSR count). The summed E-state index contributed by atoms with van der Waals surface area (Å²) >= 11 is 0. The first kappa shape index (κ1) is 22.4. The van der Waals surface area contributed by atoms with E-state index in [1.165, 1.54) is 4.31 Å². The van der Waals surface area contributed by atoms with Crippen molar-refractivity contribution < 1.29 is 18.0 Å². The summed E-state index contributed by atoms with van der Waals surface area (Å²) in [4.78, 5) is 26.0. The Bertz CT molecular complexity index is 769. The van der Waals surface area contributed by atoms with Crippen molar-refractivity contribution in [3.63, 3.8) is 0 Å². The molecule has 0 atom stereocenters. The molecule has 1 aliphatic heterocycles. The van der Waals surface area contributed by atoms with Crippen LogP contribution in [0.25, 0.3) is 0 Å². The molecule has 2 amide bonds. The molecule has 28 heavy (non-hydrogen) atoms. The summed E-state index contributed by atoms with van der Waals surface area (Å²) in [6, 6.07) is 7.17. The second kappa shape index (κ2) is 10.0. The van der Waals surface area contributed by atoms with E-state index in [0.717, 1.165) is 12.0 Å². The second-order valence-electron chi connectivity index (χ2n) is 7.31. The summed E-state index contributed by atoms with van der Waals surface area (Å²) in [7, 11) is 0.149. The van der Waals surface area contributed by atoms with E-state index in [9.17, 15) is 18.0 Å². The minimum atomic E-state index is -3.20. The Morgan fingerprint density at radius 2 is 1.79 bits per heavy atom. The van der Waals surface area contributed by atoms with Gasteiger partial charge in [-0.2, -0.15) is 0 Å². The molecule has 7 nitrogen and oxygen atoms in total. The van der Waals surface area contributed by atoms with Gasteiger partial charge in [0.15, 0.2) is 0 Å². The third-order valence-electron chi connectivity index (χ3n) is 5.19. The smallest absolute Gasteiger partial charge is 0.251 e. The molecule has 0 aliphatic carbocycles.